The van der Waals surface area contributed by atoms with Crippen molar-refractivity contribution >= 4 is 12.0 Å². The lowest BCUT2D eigenvalue weighted by atomic mass is 9.86. The molecular weight excluding hydrogens is 354 g/mol. The summed E-state index contributed by atoms with van der Waals surface area (Å²) in [5.74, 6) is -0.0202. The minimum Gasteiger partial charge on any atom is -0.490 e. The quantitative estimate of drug-likeness (QED) is 0.568. The van der Waals surface area contributed by atoms with Gasteiger partial charge in [-0.15, -0.1) is 0 Å². The Morgan fingerprint density at radius 2 is 2.11 bits per heavy atom. The highest BCUT2D eigenvalue weighted by atomic mass is 19.3. The Morgan fingerprint density at radius 3 is 2.74 bits per heavy atom. The molecule has 0 aromatic heterocycles. The number of ether oxygens (including phenoxy) is 2. The number of nitriles is 1. The second-order valence-electron chi connectivity index (χ2n) is 6.53. The molecule has 1 saturated carbocycles. The molecule has 0 bridgehead atoms. The van der Waals surface area contributed by atoms with Crippen molar-refractivity contribution in [3.63, 3.8) is 0 Å². The third-order valence-corrected chi connectivity index (χ3v) is 4.59. The van der Waals surface area contributed by atoms with E-state index in [1.807, 2.05) is 6.07 Å². The normalized spacial score (nSPS) is 20.1. The summed E-state index contributed by atoms with van der Waals surface area (Å²) in [5.41, 5.74) is 0.446. The van der Waals surface area contributed by atoms with E-state index in [0.29, 0.717) is 11.5 Å². The zero-order chi connectivity index (χ0) is 19.8. The van der Waals surface area contributed by atoms with Gasteiger partial charge in [0.25, 0.3) is 5.91 Å². The zero-order valence-electron chi connectivity index (χ0n) is 15.5. The molecule has 5 nitrogen and oxygen atoms in total. The van der Waals surface area contributed by atoms with Crippen LogP contribution in [-0.4, -0.2) is 25.2 Å². The van der Waals surface area contributed by atoms with Gasteiger partial charge in [-0.1, -0.05) is 25.8 Å². The van der Waals surface area contributed by atoms with Gasteiger partial charge in [-0.3, -0.25) is 4.79 Å². The van der Waals surface area contributed by atoms with Crippen molar-refractivity contribution < 1.29 is 23.0 Å². The van der Waals surface area contributed by atoms with Gasteiger partial charge in [-0.05, 0) is 49.5 Å². The zero-order valence-corrected chi connectivity index (χ0v) is 15.5. The number of halogens is 2. The fraction of sp³-hybridized carbons (Fsp3) is 0.500. The fourth-order valence-electron chi connectivity index (χ4n) is 3.17. The molecule has 0 saturated heterocycles. The Labute approximate surface area is 158 Å². The first-order chi connectivity index (χ1) is 12.9. The maximum Gasteiger partial charge on any atom is 0.387 e. The van der Waals surface area contributed by atoms with Crippen molar-refractivity contribution in [2.45, 2.75) is 52.2 Å². The van der Waals surface area contributed by atoms with Gasteiger partial charge < -0.3 is 14.8 Å². The predicted octanol–water partition coefficient (Wildman–Crippen LogP) is 4.29. The molecule has 146 valence electrons. The van der Waals surface area contributed by atoms with Crippen molar-refractivity contribution in [1.82, 2.24) is 5.32 Å². The van der Waals surface area contributed by atoms with Crippen molar-refractivity contribution in [3.05, 3.63) is 29.3 Å². The van der Waals surface area contributed by atoms with Crippen LogP contribution in [0.3, 0.4) is 0 Å². The van der Waals surface area contributed by atoms with Crippen LogP contribution >= 0.6 is 0 Å². The summed E-state index contributed by atoms with van der Waals surface area (Å²) in [6, 6.07) is 6.26. The maximum atomic E-state index is 12.5. The van der Waals surface area contributed by atoms with E-state index < -0.39 is 12.5 Å². The van der Waals surface area contributed by atoms with E-state index in [0.717, 1.165) is 25.7 Å². The van der Waals surface area contributed by atoms with Gasteiger partial charge in [0, 0.05) is 6.04 Å². The summed E-state index contributed by atoms with van der Waals surface area (Å²) in [6.07, 6.45) is 5.59. The lowest BCUT2D eigenvalue weighted by molar-refractivity contribution is -0.118. The monoisotopic (exact) mass is 378 g/mol. The third kappa shape index (κ3) is 5.95. The van der Waals surface area contributed by atoms with E-state index in [1.54, 1.807) is 6.92 Å². The first-order valence-corrected chi connectivity index (χ1v) is 9.09. The number of amides is 1. The van der Waals surface area contributed by atoms with Crippen LogP contribution in [0.4, 0.5) is 8.78 Å². The Bertz CT molecular complexity index is 728. The largest absolute Gasteiger partial charge is 0.490 e. The number of benzene rings is 1. The second kappa shape index (κ2) is 9.91. The molecule has 1 N–H and O–H groups in total. The topological polar surface area (TPSA) is 71.3 Å². The molecular formula is C20H24F2N2O3. The molecule has 0 radical (unpaired) electrons. The van der Waals surface area contributed by atoms with Crippen molar-refractivity contribution in [3.8, 4) is 17.6 Å². The van der Waals surface area contributed by atoms with Gasteiger partial charge in [0.15, 0.2) is 11.5 Å². The van der Waals surface area contributed by atoms with Crippen LogP contribution in [-0.2, 0) is 4.79 Å². The molecule has 2 rings (SSSR count). The summed E-state index contributed by atoms with van der Waals surface area (Å²) < 4.78 is 34.7. The highest BCUT2D eigenvalue weighted by Crippen LogP contribution is 2.31. The van der Waals surface area contributed by atoms with Crippen LogP contribution in [0, 0.1) is 17.2 Å². The first kappa shape index (κ1) is 20.7. The Morgan fingerprint density at radius 1 is 1.37 bits per heavy atom. The molecule has 7 heteroatoms. The van der Waals surface area contributed by atoms with Crippen molar-refractivity contribution in [2.24, 2.45) is 5.92 Å². The highest BCUT2D eigenvalue weighted by Gasteiger charge is 2.24. The molecule has 1 aliphatic rings. The number of carbonyl (C=O) groups is 1. The molecule has 2 atom stereocenters. The van der Waals surface area contributed by atoms with E-state index in [-0.39, 0.29) is 29.7 Å². The minimum atomic E-state index is -2.97. The van der Waals surface area contributed by atoms with E-state index in [4.69, 9.17) is 4.74 Å². The molecule has 0 heterocycles. The lowest BCUT2D eigenvalue weighted by Gasteiger charge is -2.29. The van der Waals surface area contributed by atoms with Gasteiger partial charge in [0.1, 0.15) is 11.6 Å². The lowest BCUT2D eigenvalue weighted by Crippen LogP contribution is -2.41. The number of nitrogens with zero attached hydrogens (tertiary/aromatic N) is 1. The van der Waals surface area contributed by atoms with Crippen molar-refractivity contribution in [1.29, 1.82) is 5.26 Å². The number of hydrogen-bond acceptors (Lipinski definition) is 4. The Hall–Kier alpha value is -2.62. The third-order valence-electron chi connectivity index (χ3n) is 4.59. The van der Waals surface area contributed by atoms with E-state index in [1.165, 1.54) is 24.3 Å². The number of rotatable bonds is 7. The van der Waals surface area contributed by atoms with Crippen LogP contribution in [0.25, 0.3) is 6.08 Å². The van der Waals surface area contributed by atoms with Gasteiger partial charge in [0.2, 0.25) is 0 Å². The van der Waals surface area contributed by atoms with Crippen molar-refractivity contribution in [2.75, 3.05) is 6.61 Å². The molecule has 0 unspecified atom stereocenters. The summed E-state index contributed by atoms with van der Waals surface area (Å²) >= 11 is 0. The van der Waals surface area contributed by atoms with E-state index >= 15 is 0 Å². The van der Waals surface area contributed by atoms with E-state index in [9.17, 15) is 18.8 Å². The predicted molar refractivity (Wildman–Crippen MR) is 97.4 cm³/mol. The van der Waals surface area contributed by atoms with Crippen LogP contribution in [0.1, 0.15) is 45.1 Å². The molecule has 0 spiro atoms. The van der Waals surface area contributed by atoms with Crippen LogP contribution < -0.4 is 14.8 Å². The van der Waals surface area contributed by atoms with Crippen LogP contribution in [0.2, 0.25) is 0 Å². The summed E-state index contributed by atoms with van der Waals surface area (Å²) in [6.45, 7) is 1.10. The fourth-order valence-corrected chi connectivity index (χ4v) is 3.17. The number of hydrogen-bond donors (Lipinski definition) is 1. The van der Waals surface area contributed by atoms with Gasteiger partial charge in [-0.2, -0.15) is 14.0 Å². The molecule has 1 amide bonds. The summed E-state index contributed by atoms with van der Waals surface area (Å²) in [4.78, 5) is 12.5. The van der Waals surface area contributed by atoms with Gasteiger partial charge in [0.05, 0.1) is 6.61 Å². The number of nitrogens with one attached hydrogen (secondary N) is 1. The Balaban J connectivity index is 2.19. The number of alkyl halides is 2. The van der Waals surface area contributed by atoms with Gasteiger partial charge >= 0.3 is 6.61 Å². The van der Waals surface area contributed by atoms with Crippen LogP contribution in [0.15, 0.2) is 23.8 Å². The molecule has 1 aliphatic carbocycles. The standard InChI is InChI=1S/C20H24F2N2O3/c1-3-26-18-11-14(8-9-17(18)27-20(21)22)10-15(12-23)19(25)24-16-7-5-4-6-13(16)2/h8-11,13,16,20H,3-7H2,1-2H3,(H,24,25)/b15-10+/t13-,16+/m0/s1. The van der Waals surface area contributed by atoms with Crippen LogP contribution in [0.5, 0.6) is 11.5 Å². The van der Waals surface area contributed by atoms with E-state index in [2.05, 4.69) is 17.0 Å². The number of carbonyl (C=O) groups excluding carboxylic acids is 1. The average Bonchev–Trinajstić information content (AvgIpc) is 2.63. The van der Waals surface area contributed by atoms with Gasteiger partial charge in [-0.25, -0.2) is 0 Å². The SMILES string of the molecule is CCOc1cc(/C=C(\C#N)C(=O)N[C@@H]2CCCC[C@@H]2C)ccc1OC(F)F. The summed E-state index contributed by atoms with van der Waals surface area (Å²) in [7, 11) is 0. The second-order valence-corrected chi connectivity index (χ2v) is 6.53. The molecule has 0 aliphatic heterocycles. The average molecular weight is 378 g/mol. The minimum absolute atomic E-state index is 0.0438. The Kier molecular flexibility index (Phi) is 7.59. The smallest absolute Gasteiger partial charge is 0.387 e. The summed E-state index contributed by atoms with van der Waals surface area (Å²) in [5, 5.41) is 12.3. The molecule has 1 fully saturated rings. The highest BCUT2D eigenvalue weighted by molar-refractivity contribution is 6.01. The molecule has 1 aromatic rings. The molecule has 1 aromatic carbocycles. The molecule has 27 heavy (non-hydrogen) atoms. The first-order valence-electron chi connectivity index (χ1n) is 9.09. The maximum absolute atomic E-state index is 12.5.